The molecule has 6 aromatic carbocycles. The van der Waals surface area contributed by atoms with Crippen molar-refractivity contribution in [1.82, 2.24) is 0 Å². The summed E-state index contributed by atoms with van der Waals surface area (Å²) >= 11 is 0. The summed E-state index contributed by atoms with van der Waals surface area (Å²) in [4.78, 5) is 124. The Bertz CT molecular complexity index is 2330. The Kier molecular flexibility index (Phi) is 32.7. The first-order valence-electron chi connectivity index (χ1n) is 20.4. The maximum Gasteiger partial charge on any atom is 3.00 e. The van der Waals surface area contributed by atoms with Crippen molar-refractivity contribution in [3.8, 4) is 34.5 Å². The topological polar surface area (TPSA) is 343 Å². The molecule has 0 N–H and O–H groups in total. The number of carbonyl (C=O) groups is 12. The molecule has 374 valence electrons. The van der Waals surface area contributed by atoms with Crippen LogP contribution in [0, 0.1) is 123 Å². The normalized spacial score (nSPS) is 9.16. The second-order valence-electron chi connectivity index (χ2n) is 15.0. The van der Waals surface area contributed by atoms with Crippen molar-refractivity contribution in [2.24, 2.45) is 0 Å². The average molecular weight is 1270 g/mol. The van der Waals surface area contributed by atoms with Crippen LogP contribution in [0.25, 0.3) is 0 Å². The summed E-state index contributed by atoms with van der Waals surface area (Å²) in [6.07, 6.45) is 5.53. The quantitative estimate of drug-likeness (QED) is 0.155. The molecule has 0 unspecified atom stereocenters. The van der Waals surface area contributed by atoms with Gasteiger partial charge in [0.25, 0.3) is 0 Å². The van der Waals surface area contributed by atoms with E-state index in [1.54, 1.807) is 41.5 Å². The Morgan fingerprint density at radius 3 is 0.324 bits per heavy atom. The molecule has 0 saturated carbocycles. The van der Waals surface area contributed by atoms with Gasteiger partial charge in [-0.2, -0.15) is 0 Å². The summed E-state index contributed by atoms with van der Waals surface area (Å²) in [5.74, 6) is -2.97. The zero-order chi connectivity index (χ0) is 54.8. The molecule has 6 aromatic rings. The van der Waals surface area contributed by atoms with Gasteiger partial charge >= 0.3 is 81.7 Å². The summed E-state index contributed by atoms with van der Waals surface area (Å²) in [5, 5.41) is 66.7. The summed E-state index contributed by atoms with van der Waals surface area (Å²) in [5.41, 5.74) is 4.88. The van der Waals surface area contributed by atoms with E-state index in [0.29, 0.717) is 75.4 Å². The molecule has 20 heteroatoms. The third-order valence-electron chi connectivity index (χ3n) is 9.27. The van der Waals surface area contributed by atoms with Gasteiger partial charge < -0.3 is 30.6 Å². The smallest absolute Gasteiger partial charge is 0.871 e. The number of carbonyl (C=O) groups excluding carboxylic acids is 12. The first kappa shape index (κ1) is 68.9. The van der Waals surface area contributed by atoms with Crippen molar-refractivity contribution >= 4 is 75.4 Å². The van der Waals surface area contributed by atoms with Gasteiger partial charge in [0.15, 0.2) is 0 Å². The molecule has 0 aromatic heterocycles. The van der Waals surface area contributed by atoms with E-state index in [9.17, 15) is 88.2 Å². The Balaban J connectivity index is 0. The number of hydrogen-bond acceptors (Lipinski definition) is 18. The number of benzene rings is 6. The minimum Gasteiger partial charge on any atom is -0.871 e. The number of aryl methyl sites for hydroxylation is 6. The largest absolute Gasteiger partial charge is 3.00 e. The minimum absolute atomic E-state index is 0. The van der Waals surface area contributed by atoms with Gasteiger partial charge in [0, 0.05) is 66.8 Å². The van der Waals surface area contributed by atoms with Crippen LogP contribution in [0.4, 0.5) is 0 Å². The maximum absolute atomic E-state index is 11.1. The molecule has 0 bridgehead atoms. The van der Waals surface area contributed by atoms with Crippen molar-refractivity contribution in [3.63, 3.8) is 0 Å². The second-order valence-corrected chi connectivity index (χ2v) is 15.0. The standard InChI is InChI=1S/6C9H8O3.2Nd/c6*1-6-2-7(4-10)9(12)8(3-6)5-11;;/h6*2-5,12H,1H3;;/q;;;;;;2*+3/p-6. The molecular weight excluding hydrogens is 1230 g/mol. The molecule has 74 heavy (non-hydrogen) atoms. The van der Waals surface area contributed by atoms with Crippen LogP contribution in [0.1, 0.15) is 158 Å². The fourth-order valence-corrected chi connectivity index (χ4v) is 6.03. The molecule has 0 saturated heterocycles. The zero-order valence-electron chi connectivity index (χ0n) is 40.2. The van der Waals surface area contributed by atoms with E-state index in [4.69, 9.17) is 0 Å². The Hall–Kier alpha value is -7.14. The molecule has 0 atom stereocenters. The second kappa shape index (κ2) is 35.1. The summed E-state index contributed by atoms with van der Waals surface area (Å²) in [6.45, 7) is 10.3. The third-order valence-corrected chi connectivity index (χ3v) is 9.27. The first-order chi connectivity index (χ1) is 34.1. The van der Waals surface area contributed by atoms with Gasteiger partial charge in [-0.15, -0.1) is 0 Å². The fourth-order valence-electron chi connectivity index (χ4n) is 6.03. The van der Waals surface area contributed by atoms with E-state index < -0.39 is 34.5 Å². The Morgan fingerprint density at radius 1 is 0.203 bits per heavy atom. The molecule has 0 fully saturated rings. The third kappa shape index (κ3) is 20.8. The van der Waals surface area contributed by atoms with Crippen LogP contribution < -0.4 is 30.6 Å². The molecule has 0 amide bonds. The Labute approximate surface area is 489 Å². The summed E-state index contributed by atoms with van der Waals surface area (Å²) < 4.78 is 0. The van der Waals surface area contributed by atoms with Crippen LogP contribution in [-0.4, -0.2) is 75.4 Å². The van der Waals surface area contributed by atoms with E-state index in [2.05, 4.69) is 0 Å². The van der Waals surface area contributed by atoms with Crippen LogP contribution in [0.5, 0.6) is 34.5 Å². The molecular formula is C54H42Nd2O18. The summed E-state index contributed by atoms with van der Waals surface area (Å²) in [6, 6.07) is 17.5. The predicted molar refractivity (Wildman–Crippen MR) is 248 cm³/mol. The molecule has 0 spiro atoms. The van der Waals surface area contributed by atoms with E-state index in [1.165, 1.54) is 72.8 Å². The molecule has 0 aliphatic carbocycles. The van der Waals surface area contributed by atoms with Gasteiger partial charge in [-0.1, -0.05) is 34.5 Å². The first-order valence-corrected chi connectivity index (χ1v) is 20.4. The van der Waals surface area contributed by atoms with Gasteiger partial charge in [0.05, 0.1) is 0 Å². The predicted octanol–water partition coefficient (Wildman–Crippen LogP) is 4.16. The van der Waals surface area contributed by atoms with Crippen molar-refractivity contribution in [1.29, 1.82) is 0 Å². The number of rotatable bonds is 12. The van der Waals surface area contributed by atoms with Crippen molar-refractivity contribution in [2.75, 3.05) is 0 Å². The number of aldehydes is 12. The van der Waals surface area contributed by atoms with E-state index >= 15 is 0 Å². The SMILES string of the molecule is Cc1cc(C=O)c([O-])c(C=O)c1.Cc1cc(C=O)c([O-])c(C=O)c1.Cc1cc(C=O)c([O-])c(C=O)c1.Cc1cc(C=O)c([O-])c(C=O)c1.Cc1cc(C=O)c([O-])c(C=O)c1.Cc1cc(C=O)c([O-])c(C=O)c1.[Nd+3].[Nd+3]. The summed E-state index contributed by atoms with van der Waals surface area (Å²) in [7, 11) is 0. The van der Waals surface area contributed by atoms with Crippen LogP contribution in [-0.2, 0) is 0 Å². The van der Waals surface area contributed by atoms with Gasteiger partial charge in [0.1, 0.15) is 75.4 Å². The van der Waals surface area contributed by atoms with E-state index in [-0.39, 0.29) is 148 Å². The van der Waals surface area contributed by atoms with Crippen molar-refractivity contribution < 1.29 is 170 Å². The molecule has 0 heterocycles. The molecule has 0 aliphatic heterocycles. The minimum atomic E-state index is -0.495. The van der Waals surface area contributed by atoms with E-state index in [1.807, 2.05) is 0 Å². The van der Waals surface area contributed by atoms with Crippen molar-refractivity contribution in [3.05, 3.63) is 173 Å². The fraction of sp³-hybridized carbons (Fsp3) is 0.111. The molecule has 18 nitrogen and oxygen atoms in total. The average Bonchev–Trinajstić information content (AvgIpc) is 3.38. The van der Waals surface area contributed by atoms with Crippen LogP contribution in [0.15, 0.2) is 72.8 Å². The molecule has 2 radical (unpaired) electrons. The molecule has 0 aliphatic rings. The van der Waals surface area contributed by atoms with E-state index in [0.717, 1.165) is 33.4 Å². The zero-order valence-corrected chi connectivity index (χ0v) is 46.6. The maximum atomic E-state index is 11.1. The van der Waals surface area contributed by atoms with Crippen LogP contribution in [0.3, 0.4) is 0 Å². The number of hydrogen-bond donors (Lipinski definition) is 0. The van der Waals surface area contributed by atoms with Crippen LogP contribution >= 0.6 is 0 Å². The van der Waals surface area contributed by atoms with Gasteiger partial charge in [-0.25, -0.2) is 0 Å². The van der Waals surface area contributed by atoms with Crippen LogP contribution in [0.2, 0.25) is 0 Å². The monoisotopic (exact) mass is 1260 g/mol. The van der Waals surface area contributed by atoms with Gasteiger partial charge in [-0.05, 0) is 148 Å². The van der Waals surface area contributed by atoms with Gasteiger partial charge in [0.2, 0.25) is 0 Å². The van der Waals surface area contributed by atoms with Crippen molar-refractivity contribution in [2.45, 2.75) is 41.5 Å². The Morgan fingerprint density at radius 2 is 0.270 bits per heavy atom. The molecule has 6 rings (SSSR count). The van der Waals surface area contributed by atoms with Gasteiger partial charge in [-0.3, -0.25) is 57.5 Å².